The minimum absolute atomic E-state index is 0.109. The summed E-state index contributed by atoms with van der Waals surface area (Å²) < 4.78 is 14.4. The quantitative estimate of drug-likeness (QED) is 0.596. The normalized spacial score (nSPS) is 10.2. The fourth-order valence-corrected chi connectivity index (χ4v) is 1.84. The van der Waals surface area contributed by atoms with Crippen LogP contribution in [0.3, 0.4) is 0 Å². The Hall–Kier alpha value is -1.73. The van der Waals surface area contributed by atoms with E-state index in [0.717, 1.165) is 16.2 Å². The van der Waals surface area contributed by atoms with E-state index in [0.29, 0.717) is 6.54 Å². The van der Waals surface area contributed by atoms with E-state index in [1.165, 1.54) is 0 Å². The second kappa shape index (κ2) is 5.74. The van der Waals surface area contributed by atoms with E-state index >= 15 is 0 Å². The highest BCUT2D eigenvalue weighted by atomic mass is 79.9. The second-order valence-electron chi connectivity index (χ2n) is 3.52. The van der Waals surface area contributed by atoms with Crippen LogP contribution in [0.1, 0.15) is 5.56 Å². The predicted octanol–water partition coefficient (Wildman–Crippen LogP) is 2.28. The molecule has 0 spiro atoms. The molecule has 2 rings (SSSR count). The zero-order chi connectivity index (χ0) is 13.0. The molecule has 0 aliphatic rings. The van der Waals surface area contributed by atoms with Gasteiger partial charge in [-0.15, -0.1) is 0 Å². The van der Waals surface area contributed by atoms with E-state index in [4.69, 9.17) is 5.84 Å². The molecule has 0 atom stereocenters. The van der Waals surface area contributed by atoms with Gasteiger partial charge in [0.15, 0.2) is 11.6 Å². The van der Waals surface area contributed by atoms with Gasteiger partial charge in [-0.3, -0.25) is 5.43 Å². The van der Waals surface area contributed by atoms with Gasteiger partial charge in [-0.2, -0.15) is 4.98 Å². The van der Waals surface area contributed by atoms with E-state index < -0.39 is 5.82 Å². The number of anilines is 2. The maximum Gasteiger partial charge on any atom is 0.239 e. The Morgan fingerprint density at radius 1 is 1.39 bits per heavy atom. The molecule has 0 saturated carbocycles. The maximum absolute atomic E-state index is 13.4. The molecule has 0 aliphatic heterocycles. The summed E-state index contributed by atoms with van der Waals surface area (Å²) >= 11 is 3.37. The highest BCUT2D eigenvalue weighted by Crippen LogP contribution is 2.15. The molecule has 0 aliphatic carbocycles. The zero-order valence-electron chi connectivity index (χ0n) is 9.32. The molecular weight excluding hydrogens is 301 g/mol. The van der Waals surface area contributed by atoms with Crippen molar-refractivity contribution < 1.29 is 4.39 Å². The average molecular weight is 312 g/mol. The van der Waals surface area contributed by atoms with E-state index in [9.17, 15) is 4.39 Å². The summed E-state index contributed by atoms with van der Waals surface area (Å²) in [5.74, 6) is 4.91. The molecule has 0 amide bonds. The van der Waals surface area contributed by atoms with Crippen LogP contribution in [0.25, 0.3) is 0 Å². The van der Waals surface area contributed by atoms with Crippen molar-refractivity contribution in [3.05, 3.63) is 46.3 Å². The highest BCUT2D eigenvalue weighted by Gasteiger charge is 2.05. The lowest BCUT2D eigenvalue weighted by molar-refractivity contribution is 0.617. The van der Waals surface area contributed by atoms with Crippen LogP contribution in [0.4, 0.5) is 16.2 Å². The van der Waals surface area contributed by atoms with Crippen molar-refractivity contribution in [2.75, 3.05) is 10.7 Å². The summed E-state index contributed by atoms with van der Waals surface area (Å²) in [5.41, 5.74) is 3.27. The van der Waals surface area contributed by atoms with Gasteiger partial charge in [0.25, 0.3) is 0 Å². The number of nitrogens with zero attached hydrogens (tertiary/aromatic N) is 2. The number of aromatic nitrogens is 2. The van der Waals surface area contributed by atoms with Gasteiger partial charge in [0.2, 0.25) is 5.95 Å². The molecule has 7 heteroatoms. The monoisotopic (exact) mass is 311 g/mol. The Balaban J connectivity index is 2.10. The number of nitrogens with two attached hydrogens (primary N) is 1. The number of hydrazine groups is 1. The van der Waals surface area contributed by atoms with Crippen molar-refractivity contribution >= 4 is 27.7 Å². The van der Waals surface area contributed by atoms with Gasteiger partial charge in [-0.1, -0.05) is 28.1 Å². The molecule has 0 fully saturated rings. The van der Waals surface area contributed by atoms with Crippen LogP contribution >= 0.6 is 15.9 Å². The summed E-state index contributed by atoms with van der Waals surface area (Å²) in [4.78, 5) is 7.54. The van der Waals surface area contributed by atoms with Crippen LogP contribution in [-0.4, -0.2) is 9.97 Å². The number of nitrogens with one attached hydrogen (secondary N) is 2. The van der Waals surface area contributed by atoms with E-state index in [-0.39, 0.29) is 11.8 Å². The molecule has 5 nitrogen and oxygen atoms in total. The van der Waals surface area contributed by atoms with Crippen LogP contribution in [0.5, 0.6) is 0 Å². The molecule has 0 unspecified atom stereocenters. The van der Waals surface area contributed by atoms with E-state index in [1.54, 1.807) is 0 Å². The van der Waals surface area contributed by atoms with Crippen LogP contribution in [0.2, 0.25) is 0 Å². The van der Waals surface area contributed by atoms with Gasteiger partial charge < -0.3 is 5.32 Å². The van der Waals surface area contributed by atoms with Gasteiger partial charge in [0.05, 0.1) is 6.20 Å². The number of hydrogen-bond donors (Lipinski definition) is 3. The lowest BCUT2D eigenvalue weighted by Gasteiger charge is -2.08. The fraction of sp³-hybridized carbons (Fsp3) is 0.0909. The van der Waals surface area contributed by atoms with Gasteiger partial charge in [0.1, 0.15) is 0 Å². The van der Waals surface area contributed by atoms with Gasteiger partial charge in [-0.25, -0.2) is 15.2 Å². The minimum Gasteiger partial charge on any atom is -0.363 e. The van der Waals surface area contributed by atoms with E-state index in [2.05, 4.69) is 36.6 Å². The minimum atomic E-state index is -0.524. The highest BCUT2D eigenvalue weighted by molar-refractivity contribution is 9.10. The van der Waals surface area contributed by atoms with Crippen molar-refractivity contribution in [3.8, 4) is 0 Å². The molecule has 0 saturated heterocycles. The predicted molar refractivity (Wildman–Crippen MR) is 71.3 cm³/mol. The van der Waals surface area contributed by atoms with Crippen molar-refractivity contribution in [2.24, 2.45) is 5.84 Å². The first kappa shape index (κ1) is 12.7. The molecule has 1 aromatic heterocycles. The largest absolute Gasteiger partial charge is 0.363 e. The SMILES string of the molecule is NNc1ncc(F)c(NCc2cccc(Br)c2)n1. The Labute approximate surface area is 112 Å². The Morgan fingerprint density at radius 3 is 2.94 bits per heavy atom. The first-order valence-electron chi connectivity index (χ1n) is 5.16. The second-order valence-corrected chi connectivity index (χ2v) is 4.43. The number of hydrogen-bond acceptors (Lipinski definition) is 5. The molecule has 1 heterocycles. The third-order valence-corrected chi connectivity index (χ3v) is 2.72. The Bertz CT molecular complexity index is 549. The van der Waals surface area contributed by atoms with Gasteiger partial charge >= 0.3 is 0 Å². The Morgan fingerprint density at radius 2 is 2.22 bits per heavy atom. The van der Waals surface area contributed by atoms with E-state index in [1.807, 2.05) is 24.3 Å². The molecule has 18 heavy (non-hydrogen) atoms. The van der Waals surface area contributed by atoms with Crippen LogP contribution < -0.4 is 16.6 Å². The molecule has 0 radical (unpaired) electrons. The lowest BCUT2D eigenvalue weighted by Crippen LogP contribution is -2.13. The molecule has 0 bridgehead atoms. The lowest BCUT2D eigenvalue weighted by atomic mass is 10.2. The first-order valence-corrected chi connectivity index (χ1v) is 5.96. The van der Waals surface area contributed by atoms with Crippen LogP contribution in [0, 0.1) is 5.82 Å². The van der Waals surface area contributed by atoms with Crippen molar-refractivity contribution in [3.63, 3.8) is 0 Å². The number of benzene rings is 1. The number of nitrogen functional groups attached to an aromatic ring is 1. The number of halogens is 2. The molecular formula is C11H11BrFN5. The van der Waals surface area contributed by atoms with Gasteiger partial charge in [-0.05, 0) is 17.7 Å². The van der Waals surface area contributed by atoms with Crippen molar-refractivity contribution in [1.82, 2.24) is 9.97 Å². The molecule has 4 N–H and O–H groups in total. The Kier molecular flexibility index (Phi) is 4.06. The third kappa shape index (κ3) is 3.14. The summed E-state index contributed by atoms with van der Waals surface area (Å²) in [7, 11) is 0. The molecule has 94 valence electrons. The summed E-state index contributed by atoms with van der Waals surface area (Å²) in [6.07, 6.45) is 1.06. The summed E-state index contributed by atoms with van der Waals surface area (Å²) in [6.45, 7) is 0.456. The average Bonchev–Trinajstić information content (AvgIpc) is 2.38. The molecule has 1 aromatic carbocycles. The van der Waals surface area contributed by atoms with Gasteiger partial charge in [0, 0.05) is 11.0 Å². The zero-order valence-corrected chi connectivity index (χ0v) is 10.9. The maximum atomic E-state index is 13.4. The fourth-order valence-electron chi connectivity index (χ4n) is 1.39. The topological polar surface area (TPSA) is 75.9 Å². The molecule has 2 aromatic rings. The standard InChI is InChI=1S/C11H11BrFN5/c12-8-3-1-2-7(4-8)5-15-10-9(13)6-16-11(17-10)18-14/h1-4,6H,5,14H2,(H2,15,16,17,18). The van der Waals surface area contributed by atoms with Crippen molar-refractivity contribution in [2.45, 2.75) is 6.54 Å². The third-order valence-electron chi connectivity index (χ3n) is 2.22. The van der Waals surface area contributed by atoms with Crippen molar-refractivity contribution in [1.29, 1.82) is 0 Å². The van der Waals surface area contributed by atoms with Crippen LogP contribution in [-0.2, 0) is 6.54 Å². The number of rotatable bonds is 4. The first-order chi connectivity index (χ1) is 8.69. The summed E-state index contributed by atoms with van der Waals surface area (Å²) in [5, 5.41) is 2.89. The smallest absolute Gasteiger partial charge is 0.239 e. The summed E-state index contributed by atoms with van der Waals surface area (Å²) in [6, 6.07) is 7.70. The van der Waals surface area contributed by atoms with Crippen LogP contribution in [0.15, 0.2) is 34.9 Å².